The molecule has 1 aromatic carbocycles. The van der Waals surface area contributed by atoms with Gasteiger partial charge in [0.15, 0.2) is 0 Å². The lowest BCUT2D eigenvalue weighted by Gasteiger charge is -2.31. The Hall–Kier alpha value is -0.640. The molecule has 1 aromatic rings. The highest BCUT2D eigenvalue weighted by atomic mass is 35.5. The summed E-state index contributed by atoms with van der Waals surface area (Å²) in [5, 5.41) is 6.99. The maximum Gasteiger partial charge on any atom is 0.141 e. The Bertz CT molecular complexity index is 378. The molecule has 0 radical (unpaired) electrons. The minimum atomic E-state index is -0.359. The van der Waals surface area contributed by atoms with E-state index in [1.807, 2.05) is 7.05 Å². The van der Waals surface area contributed by atoms with E-state index in [1.165, 1.54) is 18.9 Å². The number of nitrogens with one attached hydrogen (secondary N) is 2. The van der Waals surface area contributed by atoms with Crippen molar-refractivity contribution in [2.24, 2.45) is 0 Å². The number of likely N-dealkylation sites (N-methyl/N-ethyl adjacent to an activating group) is 1. The maximum atomic E-state index is 13.1. The van der Waals surface area contributed by atoms with Gasteiger partial charge in [-0.05, 0) is 44.1 Å². The molecule has 0 aliphatic carbocycles. The second-order valence-corrected chi connectivity index (χ2v) is 4.90. The van der Waals surface area contributed by atoms with Gasteiger partial charge in [0.2, 0.25) is 0 Å². The number of hydrogen-bond donors (Lipinski definition) is 2. The van der Waals surface area contributed by atoms with E-state index < -0.39 is 0 Å². The smallest absolute Gasteiger partial charge is 0.141 e. The Kier molecular flexibility index (Phi) is 4.37. The zero-order chi connectivity index (χ0) is 12.3. The maximum absolute atomic E-state index is 13.1. The largest absolute Gasteiger partial charge is 0.312 e. The molecule has 2 atom stereocenters. The van der Waals surface area contributed by atoms with E-state index in [9.17, 15) is 4.39 Å². The van der Waals surface area contributed by atoms with Crippen LogP contribution in [0.5, 0.6) is 0 Å². The Morgan fingerprint density at radius 3 is 2.88 bits per heavy atom. The SMILES string of the molecule is CNC(c1ccc(F)c(Cl)c1)C1CCCCN1. The van der Waals surface area contributed by atoms with Gasteiger partial charge in [0.25, 0.3) is 0 Å². The van der Waals surface area contributed by atoms with Crippen molar-refractivity contribution in [2.45, 2.75) is 31.3 Å². The first-order valence-electron chi connectivity index (χ1n) is 6.08. The first-order valence-corrected chi connectivity index (χ1v) is 6.46. The molecule has 0 amide bonds. The van der Waals surface area contributed by atoms with Crippen LogP contribution in [0.3, 0.4) is 0 Å². The minimum absolute atomic E-state index is 0.188. The molecule has 2 nitrogen and oxygen atoms in total. The van der Waals surface area contributed by atoms with Gasteiger partial charge in [0.05, 0.1) is 5.02 Å². The van der Waals surface area contributed by atoms with Crippen LogP contribution in [0.25, 0.3) is 0 Å². The molecule has 1 heterocycles. The molecular formula is C13H18ClFN2. The van der Waals surface area contributed by atoms with Crippen molar-refractivity contribution in [2.75, 3.05) is 13.6 Å². The molecule has 0 bridgehead atoms. The molecule has 1 fully saturated rings. The van der Waals surface area contributed by atoms with Crippen LogP contribution < -0.4 is 10.6 Å². The molecule has 2 unspecified atom stereocenters. The third-order valence-electron chi connectivity index (χ3n) is 3.36. The van der Waals surface area contributed by atoms with E-state index in [2.05, 4.69) is 10.6 Å². The van der Waals surface area contributed by atoms with Crippen LogP contribution in [0.15, 0.2) is 18.2 Å². The third kappa shape index (κ3) is 2.97. The summed E-state index contributed by atoms with van der Waals surface area (Å²) in [6.45, 7) is 1.05. The Balaban J connectivity index is 2.18. The van der Waals surface area contributed by atoms with Crippen LogP contribution in [0.2, 0.25) is 5.02 Å². The van der Waals surface area contributed by atoms with Gasteiger partial charge in [0, 0.05) is 12.1 Å². The Morgan fingerprint density at radius 2 is 2.29 bits per heavy atom. The Morgan fingerprint density at radius 1 is 1.47 bits per heavy atom. The van der Waals surface area contributed by atoms with Crippen LogP contribution in [0.1, 0.15) is 30.9 Å². The number of hydrogen-bond acceptors (Lipinski definition) is 2. The first-order chi connectivity index (χ1) is 8.22. The summed E-state index contributed by atoms with van der Waals surface area (Å²) in [6.07, 6.45) is 3.61. The summed E-state index contributed by atoms with van der Waals surface area (Å²) < 4.78 is 13.1. The second-order valence-electron chi connectivity index (χ2n) is 4.50. The van der Waals surface area contributed by atoms with Crippen LogP contribution in [-0.4, -0.2) is 19.6 Å². The van der Waals surface area contributed by atoms with E-state index in [0.717, 1.165) is 18.5 Å². The van der Waals surface area contributed by atoms with Gasteiger partial charge in [-0.15, -0.1) is 0 Å². The molecular weight excluding hydrogens is 239 g/mol. The molecule has 2 N–H and O–H groups in total. The summed E-state index contributed by atoms with van der Waals surface area (Å²) in [5.41, 5.74) is 1.04. The van der Waals surface area contributed by atoms with E-state index >= 15 is 0 Å². The second kappa shape index (κ2) is 5.80. The van der Waals surface area contributed by atoms with Crippen molar-refractivity contribution in [1.29, 1.82) is 0 Å². The summed E-state index contributed by atoms with van der Waals surface area (Å²) in [7, 11) is 1.93. The van der Waals surface area contributed by atoms with E-state index in [1.54, 1.807) is 12.1 Å². The standard InChI is InChI=1S/C13H18ClFN2/c1-16-13(12-4-2-3-7-17-12)9-5-6-11(15)10(14)8-9/h5-6,8,12-13,16-17H,2-4,7H2,1H3. The van der Waals surface area contributed by atoms with Gasteiger partial charge in [0.1, 0.15) is 5.82 Å². The van der Waals surface area contributed by atoms with Gasteiger partial charge in [-0.25, -0.2) is 4.39 Å². The van der Waals surface area contributed by atoms with Crippen LogP contribution in [0.4, 0.5) is 4.39 Å². The van der Waals surface area contributed by atoms with Crippen molar-refractivity contribution >= 4 is 11.6 Å². The van der Waals surface area contributed by atoms with Crippen molar-refractivity contribution in [3.05, 3.63) is 34.6 Å². The molecule has 1 aliphatic heterocycles. The lowest BCUT2D eigenvalue weighted by atomic mass is 9.93. The Labute approximate surface area is 107 Å². The minimum Gasteiger partial charge on any atom is -0.312 e. The predicted molar refractivity (Wildman–Crippen MR) is 68.9 cm³/mol. The lowest BCUT2D eigenvalue weighted by Crippen LogP contribution is -2.43. The van der Waals surface area contributed by atoms with Gasteiger partial charge < -0.3 is 10.6 Å². The van der Waals surface area contributed by atoms with E-state index in [0.29, 0.717) is 6.04 Å². The number of benzene rings is 1. The third-order valence-corrected chi connectivity index (χ3v) is 3.65. The molecule has 94 valence electrons. The first kappa shape index (κ1) is 12.8. The summed E-state index contributed by atoms with van der Waals surface area (Å²) >= 11 is 5.83. The molecule has 0 aromatic heterocycles. The fraction of sp³-hybridized carbons (Fsp3) is 0.538. The number of piperidine rings is 1. The summed E-state index contributed by atoms with van der Waals surface area (Å²) in [5.74, 6) is -0.359. The average Bonchev–Trinajstić information content (AvgIpc) is 2.36. The predicted octanol–water partition coefficient (Wildman–Crippen LogP) is 2.88. The fourth-order valence-electron chi connectivity index (χ4n) is 2.47. The quantitative estimate of drug-likeness (QED) is 0.869. The zero-order valence-corrected chi connectivity index (χ0v) is 10.7. The van der Waals surface area contributed by atoms with Crippen molar-refractivity contribution in [1.82, 2.24) is 10.6 Å². The van der Waals surface area contributed by atoms with Crippen molar-refractivity contribution < 1.29 is 4.39 Å². The van der Waals surface area contributed by atoms with Crippen LogP contribution in [-0.2, 0) is 0 Å². The molecule has 4 heteroatoms. The van der Waals surface area contributed by atoms with Gasteiger partial charge in [-0.1, -0.05) is 24.1 Å². The molecule has 1 aliphatic rings. The summed E-state index contributed by atoms with van der Waals surface area (Å²) in [4.78, 5) is 0. The molecule has 1 saturated heterocycles. The van der Waals surface area contributed by atoms with Crippen LogP contribution in [0, 0.1) is 5.82 Å². The highest BCUT2D eigenvalue weighted by Gasteiger charge is 2.23. The topological polar surface area (TPSA) is 24.1 Å². The molecule has 0 saturated carbocycles. The fourth-order valence-corrected chi connectivity index (χ4v) is 2.66. The van der Waals surface area contributed by atoms with Gasteiger partial charge in [-0.2, -0.15) is 0 Å². The highest BCUT2D eigenvalue weighted by molar-refractivity contribution is 6.30. The van der Waals surface area contributed by atoms with Crippen molar-refractivity contribution in [3.63, 3.8) is 0 Å². The number of halogens is 2. The molecule has 17 heavy (non-hydrogen) atoms. The van der Waals surface area contributed by atoms with E-state index in [-0.39, 0.29) is 16.9 Å². The zero-order valence-electron chi connectivity index (χ0n) is 9.97. The van der Waals surface area contributed by atoms with E-state index in [4.69, 9.17) is 11.6 Å². The molecule has 2 rings (SSSR count). The highest BCUT2D eigenvalue weighted by Crippen LogP contribution is 2.26. The van der Waals surface area contributed by atoms with Gasteiger partial charge in [-0.3, -0.25) is 0 Å². The van der Waals surface area contributed by atoms with Gasteiger partial charge >= 0.3 is 0 Å². The van der Waals surface area contributed by atoms with Crippen molar-refractivity contribution in [3.8, 4) is 0 Å². The monoisotopic (exact) mass is 256 g/mol. The molecule has 0 spiro atoms. The average molecular weight is 257 g/mol. The summed E-state index contributed by atoms with van der Waals surface area (Å²) in [6, 6.07) is 5.54. The van der Waals surface area contributed by atoms with Crippen LogP contribution >= 0.6 is 11.6 Å². The lowest BCUT2D eigenvalue weighted by molar-refractivity contribution is 0.326. The number of rotatable bonds is 3. The normalized spacial score (nSPS) is 22.4.